The van der Waals surface area contributed by atoms with Crippen molar-refractivity contribution in [3.8, 4) is 0 Å². The number of amides is 1. The Morgan fingerprint density at radius 1 is 1.48 bits per heavy atom. The topological polar surface area (TPSA) is 84.3 Å². The molecule has 2 atom stereocenters. The first-order valence-electron chi connectivity index (χ1n) is 7.28. The van der Waals surface area contributed by atoms with Gasteiger partial charge >= 0.3 is 0 Å². The zero-order chi connectivity index (χ0) is 15.2. The highest BCUT2D eigenvalue weighted by atomic mass is 16.6. The van der Waals surface area contributed by atoms with E-state index in [0.29, 0.717) is 23.9 Å². The molecule has 1 saturated heterocycles. The Bertz CT molecular complexity index is 519. The Balaban J connectivity index is 1.85. The van der Waals surface area contributed by atoms with E-state index in [1.165, 1.54) is 6.07 Å². The number of hydrogen-bond donors (Lipinski definition) is 2. The van der Waals surface area contributed by atoms with Gasteiger partial charge in [0.1, 0.15) is 0 Å². The van der Waals surface area contributed by atoms with Crippen molar-refractivity contribution in [2.24, 2.45) is 5.92 Å². The van der Waals surface area contributed by atoms with Crippen molar-refractivity contribution in [1.82, 2.24) is 10.6 Å². The van der Waals surface area contributed by atoms with Crippen molar-refractivity contribution in [1.29, 1.82) is 0 Å². The Morgan fingerprint density at radius 3 is 2.95 bits per heavy atom. The van der Waals surface area contributed by atoms with E-state index in [2.05, 4.69) is 17.6 Å². The molecular formula is C15H21N3O3. The summed E-state index contributed by atoms with van der Waals surface area (Å²) in [5.74, 6) is 0.360. The molecule has 0 bridgehead atoms. The lowest BCUT2D eigenvalue weighted by Crippen LogP contribution is -2.37. The number of nitrogens with one attached hydrogen (secondary N) is 2. The molecule has 1 aromatic rings. The van der Waals surface area contributed by atoms with E-state index >= 15 is 0 Å². The molecule has 0 aromatic heterocycles. The third-order valence-corrected chi connectivity index (χ3v) is 3.87. The van der Waals surface area contributed by atoms with Crippen LogP contribution in [0.2, 0.25) is 0 Å². The number of rotatable bonds is 5. The Hall–Kier alpha value is -1.95. The minimum absolute atomic E-state index is 0.0350. The van der Waals surface area contributed by atoms with E-state index in [0.717, 1.165) is 19.4 Å². The monoisotopic (exact) mass is 291 g/mol. The standard InChI is InChI=1S/C15H21N3O3/c1-11-8-12(6-7-16-11)9-15(19)17-10-13-4-2-3-5-14(13)18(20)21/h2-5,11-12,16H,6-10H2,1H3,(H,17,19). The number of carbonyl (C=O) groups excluding carboxylic acids is 1. The van der Waals surface area contributed by atoms with Crippen LogP contribution in [0.25, 0.3) is 0 Å². The summed E-state index contributed by atoms with van der Waals surface area (Å²) in [5.41, 5.74) is 0.586. The molecule has 1 aromatic carbocycles. The number of para-hydroxylation sites is 1. The average Bonchev–Trinajstić information content (AvgIpc) is 2.45. The lowest BCUT2D eigenvalue weighted by Gasteiger charge is -2.27. The van der Waals surface area contributed by atoms with Crippen LogP contribution >= 0.6 is 0 Å². The fraction of sp³-hybridized carbons (Fsp3) is 0.533. The highest BCUT2D eigenvalue weighted by Crippen LogP contribution is 2.20. The number of benzene rings is 1. The normalized spacial score (nSPS) is 21.8. The molecule has 6 nitrogen and oxygen atoms in total. The molecule has 2 rings (SSSR count). The molecule has 1 heterocycles. The Kier molecular flexibility index (Phi) is 5.27. The van der Waals surface area contributed by atoms with E-state index < -0.39 is 4.92 Å². The number of nitro benzene ring substituents is 1. The molecule has 21 heavy (non-hydrogen) atoms. The van der Waals surface area contributed by atoms with Gasteiger partial charge in [-0.25, -0.2) is 0 Å². The van der Waals surface area contributed by atoms with Crippen LogP contribution in [0.3, 0.4) is 0 Å². The lowest BCUT2D eigenvalue weighted by atomic mass is 9.90. The summed E-state index contributed by atoms with van der Waals surface area (Å²) in [7, 11) is 0. The zero-order valence-corrected chi connectivity index (χ0v) is 12.2. The Morgan fingerprint density at radius 2 is 2.24 bits per heavy atom. The minimum Gasteiger partial charge on any atom is -0.352 e. The summed E-state index contributed by atoms with van der Waals surface area (Å²) in [6.45, 7) is 3.27. The molecular weight excluding hydrogens is 270 g/mol. The summed E-state index contributed by atoms with van der Waals surface area (Å²) in [6.07, 6.45) is 2.49. The van der Waals surface area contributed by atoms with Gasteiger partial charge < -0.3 is 10.6 Å². The first-order chi connectivity index (χ1) is 10.1. The second-order valence-electron chi connectivity index (χ2n) is 5.61. The number of nitro groups is 1. The van der Waals surface area contributed by atoms with Crippen molar-refractivity contribution in [3.63, 3.8) is 0 Å². The fourth-order valence-electron chi connectivity index (χ4n) is 2.79. The quantitative estimate of drug-likeness (QED) is 0.642. The minimum atomic E-state index is -0.421. The van der Waals surface area contributed by atoms with Crippen LogP contribution < -0.4 is 10.6 Å². The van der Waals surface area contributed by atoms with Gasteiger partial charge in [-0.15, -0.1) is 0 Å². The van der Waals surface area contributed by atoms with Crippen molar-refractivity contribution in [3.05, 3.63) is 39.9 Å². The molecule has 0 aliphatic carbocycles. The SMILES string of the molecule is CC1CC(CC(=O)NCc2ccccc2[N+](=O)[O-])CCN1. The lowest BCUT2D eigenvalue weighted by molar-refractivity contribution is -0.385. The zero-order valence-electron chi connectivity index (χ0n) is 12.2. The molecule has 1 aliphatic heterocycles. The molecule has 2 N–H and O–H groups in total. The van der Waals surface area contributed by atoms with Gasteiger partial charge in [0.15, 0.2) is 0 Å². The third kappa shape index (κ3) is 4.53. The maximum Gasteiger partial charge on any atom is 0.274 e. The molecule has 1 amide bonds. The van der Waals surface area contributed by atoms with E-state index in [-0.39, 0.29) is 18.1 Å². The Labute approximate surface area is 124 Å². The molecule has 0 radical (unpaired) electrons. The van der Waals surface area contributed by atoms with Crippen LogP contribution in [0.1, 0.15) is 31.7 Å². The number of carbonyl (C=O) groups is 1. The van der Waals surface area contributed by atoms with Crippen molar-refractivity contribution >= 4 is 11.6 Å². The van der Waals surface area contributed by atoms with Gasteiger partial charge in [-0.05, 0) is 32.2 Å². The van der Waals surface area contributed by atoms with Gasteiger partial charge in [0.25, 0.3) is 5.69 Å². The summed E-state index contributed by atoms with van der Waals surface area (Å²) in [6, 6.07) is 6.94. The van der Waals surface area contributed by atoms with Crippen LogP contribution in [-0.4, -0.2) is 23.4 Å². The van der Waals surface area contributed by atoms with Crippen molar-refractivity contribution in [2.75, 3.05) is 6.54 Å². The van der Waals surface area contributed by atoms with Gasteiger partial charge in [0, 0.05) is 30.6 Å². The van der Waals surface area contributed by atoms with Gasteiger partial charge in [-0.2, -0.15) is 0 Å². The number of nitrogens with zero attached hydrogens (tertiary/aromatic N) is 1. The molecule has 6 heteroatoms. The summed E-state index contributed by atoms with van der Waals surface area (Å²) >= 11 is 0. The van der Waals surface area contributed by atoms with Gasteiger partial charge in [-0.3, -0.25) is 14.9 Å². The maximum absolute atomic E-state index is 12.0. The molecule has 1 fully saturated rings. The molecule has 1 aliphatic rings. The largest absolute Gasteiger partial charge is 0.352 e. The summed E-state index contributed by atoms with van der Waals surface area (Å²) in [5, 5.41) is 17.1. The molecule has 0 spiro atoms. The second-order valence-corrected chi connectivity index (χ2v) is 5.61. The second kappa shape index (κ2) is 7.17. The first-order valence-corrected chi connectivity index (χ1v) is 7.28. The smallest absolute Gasteiger partial charge is 0.274 e. The van der Waals surface area contributed by atoms with Crippen LogP contribution in [0, 0.1) is 16.0 Å². The highest BCUT2D eigenvalue weighted by molar-refractivity contribution is 5.76. The third-order valence-electron chi connectivity index (χ3n) is 3.87. The van der Waals surface area contributed by atoms with E-state index in [1.807, 2.05) is 0 Å². The average molecular weight is 291 g/mol. The molecule has 0 saturated carbocycles. The van der Waals surface area contributed by atoms with E-state index in [1.54, 1.807) is 18.2 Å². The van der Waals surface area contributed by atoms with E-state index in [9.17, 15) is 14.9 Å². The van der Waals surface area contributed by atoms with Gasteiger partial charge in [0.2, 0.25) is 5.91 Å². The summed E-state index contributed by atoms with van der Waals surface area (Å²) in [4.78, 5) is 22.5. The van der Waals surface area contributed by atoms with E-state index in [4.69, 9.17) is 0 Å². The van der Waals surface area contributed by atoms with Crippen LogP contribution in [0.5, 0.6) is 0 Å². The van der Waals surface area contributed by atoms with Gasteiger partial charge in [-0.1, -0.05) is 18.2 Å². The molecule has 2 unspecified atom stereocenters. The highest BCUT2D eigenvalue weighted by Gasteiger charge is 2.21. The number of hydrogen-bond acceptors (Lipinski definition) is 4. The predicted octanol–water partition coefficient (Wildman–Crippen LogP) is 1.99. The fourth-order valence-corrected chi connectivity index (χ4v) is 2.79. The summed E-state index contributed by atoms with van der Waals surface area (Å²) < 4.78 is 0. The molecule has 114 valence electrons. The van der Waals surface area contributed by atoms with Crippen molar-refractivity contribution < 1.29 is 9.72 Å². The van der Waals surface area contributed by atoms with Crippen LogP contribution in [0.4, 0.5) is 5.69 Å². The predicted molar refractivity (Wildman–Crippen MR) is 79.7 cm³/mol. The van der Waals surface area contributed by atoms with Gasteiger partial charge in [0.05, 0.1) is 4.92 Å². The first kappa shape index (κ1) is 15.4. The number of piperidine rings is 1. The van der Waals surface area contributed by atoms with Crippen LogP contribution in [0.15, 0.2) is 24.3 Å². The maximum atomic E-state index is 12.0. The van der Waals surface area contributed by atoms with Crippen molar-refractivity contribution in [2.45, 2.75) is 38.8 Å². The van der Waals surface area contributed by atoms with Crippen LogP contribution in [-0.2, 0) is 11.3 Å².